The standard InChI is InChI=1S/C14H22ClN7/c1-2-21-5-7-22(8-6-21)12-4-3-10(9-11(12)15)19-14(18)20-13(16)17/h3-4,9H,2,5-8H2,1H3,(H6,16,17,18,19,20). The predicted octanol–water partition coefficient (Wildman–Crippen LogP) is 0.702. The van der Waals surface area contributed by atoms with E-state index in [0.29, 0.717) is 10.7 Å². The highest BCUT2D eigenvalue weighted by Gasteiger charge is 2.17. The molecule has 0 bridgehead atoms. The predicted molar refractivity (Wildman–Crippen MR) is 92.9 cm³/mol. The number of halogens is 1. The summed E-state index contributed by atoms with van der Waals surface area (Å²) in [4.78, 5) is 12.5. The van der Waals surface area contributed by atoms with Gasteiger partial charge in [-0.1, -0.05) is 18.5 Å². The molecule has 0 atom stereocenters. The number of piperazine rings is 1. The Hall–Kier alpha value is -1.99. The number of guanidine groups is 2. The van der Waals surface area contributed by atoms with Gasteiger partial charge in [0.15, 0.2) is 5.96 Å². The SMILES string of the molecule is CCN1CCN(c2ccc(N=C(N)N=C(N)N)cc2Cl)CC1. The molecule has 0 unspecified atom stereocenters. The second-order valence-corrected chi connectivity index (χ2v) is 5.47. The maximum atomic E-state index is 6.37. The summed E-state index contributed by atoms with van der Waals surface area (Å²) in [7, 11) is 0. The molecule has 6 N–H and O–H groups in total. The highest BCUT2D eigenvalue weighted by atomic mass is 35.5. The van der Waals surface area contributed by atoms with Crippen molar-refractivity contribution in [3.63, 3.8) is 0 Å². The minimum atomic E-state index is -0.127. The van der Waals surface area contributed by atoms with Crippen molar-refractivity contribution in [2.45, 2.75) is 6.92 Å². The second kappa shape index (κ2) is 7.33. The Morgan fingerprint density at radius 2 is 1.86 bits per heavy atom. The first-order valence-corrected chi connectivity index (χ1v) is 7.58. The van der Waals surface area contributed by atoms with Crippen LogP contribution >= 0.6 is 11.6 Å². The van der Waals surface area contributed by atoms with Gasteiger partial charge in [-0.05, 0) is 24.7 Å². The van der Waals surface area contributed by atoms with Crippen molar-refractivity contribution in [2.24, 2.45) is 27.2 Å². The van der Waals surface area contributed by atoms with E-state index in [0.717, 1.165) is 38.4 Å². The van der Waals surface area contributed by atoms with E-state index in [9.17, 15) is 0 Å². The minimum absolute atomic E-state index is 0.000349. The molecule has 0 amide bonds. The van der Waals surface area contributed by atoms with Crippen LogP contribution in [0.4, 0.5) is 11.4 Å². The van der Waals surface area contributed by atoms with Crippen LogP contribution in [-0.2, 0) is 0 Å². The van der Waals surface area contributed by atoms with Gasteiger partial charge in [-0.2, -0.15) is 4.99 Å². The number of hydrogen-bond donors (Lipinski definition) is 3. The molecule has 0 aliphatic carbocycles. The van der Waals surface area contributed by atoms with Crippen molar-refractivity contribution >= 4 is 34.9 Å². The van der Waals surface area contributed by atoms with Gasteiger partial charge in [0.2, 0.25) is 5.96 Å². The van der Waals surface area contributed by atoms with Crippen LogP contribution in [0.3, 0.4) is 0 Å². The van der Waals surface area contributed by atoms with Crippen molar-refractivity contribution in [2.75, 3.05) is 37.6 Å². The molecule has 0 saturated carbocycles. The topological polar surface area (TPSA) is 109 Å². The molecule has 8 heteroatoms. The summed E-state index contributed by atoms with van der Waals surface area (Å²) in [5.41, 5.74) is 17.7. The molecule has 0 radical (unpaired) electrons. The summed E-state index contributed by atoms with van der Waals surface area (Å²) in [6.07, 6.45) is 0. The molecule has 120 valence electrons. The second-order valence-electron chi connectivity index (χ2n) is 5.06. The number of anilines is 1. The summed E-state index contributed by atoms with van der Waals surface area (Å²) >= 11 is 6.37. The van der Waals surface area contributed by atoms with Crippen molar-refractivity contribution in [3.8, 4) is 0 Å². The summed E-state index contributed by atoms with van der Waals surface area (Å²) < 4.78 is 0. The molecule has 1 saturated heterocycles. The minimum Gasteiger partial charge on any atom is -0.370 e. The lowest BCUT2D eigenvalue weighted by atomic mass is 10.2. The first-order valence-electron chi connectivity index (χ1n) is 7.20. The molecule has 1 aliphatic rings. The number of benzene rings is 1. The van der Waals surface area contributed by atoms with Gasteiger partial charge in [-0.25, -0.2) is 4.99 Å². The summed E-state index contributed by atoms with van der Waals surface area (Å²) in [6, 6.07) is 5.56. The van der Waals surface area contributed by atoms with Gasteiger partial charge in [0, 0.05) is 26.2 Å². The van der Waals surface area contributed by atoms with Crippen LogP contribution in [0.15, 0.2) is 28.2 Å². The Morgan fingerprint density at radius 3 is 2.41 bits per heavy atom. The molecule has 22 heavy (non-hydrogen) atoms. The van der Waals surface area contributed by atoms with Crippen LogP contribution in [-0.4, -0.2) is 49.5 Å². The van der Waals surface area contributed by atoms with Gasteiger partial charge in [0.05, 0.1) is 16.4 Å². The lowest BCUT2D eigenvalue weighted by Gasteiger charge is -2.35. The van der Waals surface area contributed by atoms with E-state index < -0.39 is 0 Å². The third-order valence-corrected chi connectivity index (χ3v) is 3.88. The normalized spacial score (nSPS) is 16.6. The van der Waals surface area contributed by atoms with Crippen LogP contribution in [0.1, 0.15) is 6.92 Å². The zero-order valence-corrected chi connectivity index (χ0v) is 13.4. The van der Waals surface area contributed by atoms with Crippen LogP contribution in [0.25, 0.3) is 0 Å². The molecule has 1 heterocycles. The van der Waals surface area contributed by atoms with E-state index >= 15 is 0 Å². The van der Waals surface area contributed by atoms with Crippen molar-refractivity contribution < 1.29 is 0 Å². The van der Waals surface area contributed by atoms with E-state index in [1.807, 2.05) is 12.1 Å². The summed E-state index contributed by atoms with van der Waals surface area (Å²) in [6.45, 7) is 7.28. The molecular formula is C14H22ClN7. The maximum absolute atomic E-state index is 6.37. The van der Waals surface area contributed by atoms with Crippen molar-refractivity contribution in [1.82, 2.24) is 4.90 Å². The van der Waals surface area contributed by atoms with E-state index in [1.54, 1.807) is 6.07 Å². The fourth-order valence-corrected chi connectivity index (χ4v) is 2.71. The highest BCUT2D eigenvalue weighted by molar-refractivity contribution is 6.33. The van der Waals surface area contributed by atoms with E-state index in [1.165, 1.54) is 0 Å². The molecule has 1 aromatic carbocycles. The van der Waals surface area contributed by atoms with Gasteiger partial charge < -0.3 is 27.0 Å². The third kappa shape index (κ3) is 4.25. The molecule has 1 aliphatic heterocycles. The van der Waals surface area contributed by atoms with Crippen molar-refractivity contribution in [3.05, 3.63) is 23.2 Å². The number of likely N-dealkylation sites (N-methyl/N-ethyl adjacent to an activating group) is 1. The van der Waals surface area contributed by atoms with Gasteiger partial charge in [-0.15, -0.1) is 0 Å². The smallest absolute Gasteiger partial charge is 0.223 e. The van der Waals surface area contributed by atoms with E-state index in [-0.39, 0.29) is 11.9 Å². The lowest BCUT2D eigenvalue weighted by molar-refractivity contribution is 0.271. The zero-order valence-electron chi connectivity index (χ0n) is 12.7. The van der Waals surface area contributed by atoms with Crippen LogP contribution in [0, 0.1) is 0 Å². The fraction of sp³-hybridized carbons (Fsp3) is 0.429. The average molecular weight is 324 g/mol. The number of nitrogens with zero attached hydrogens (tertiary/aromatic N) is 4. The molecule has 0 spiro atoms. The quantitative estimate of drug-likeness (QED) is 0.560. The van der Waals surface area contributed by atoms with Crippen LogP contribution < -0.4 is 22.1 Å². The van der Waals surface area contributed by atoms with Crippen LogP contribution in [0.2, 0.25) is 5.02 Å². The number of hydrogen-bond acceptors (Lipinski definition) is 3. The Bertz CT molecular complexity index is 573. The van der Waals surface area contributed by atoms with Gasteiger partial charge >= 0.3 is 0 Å². The van der Waals surface area contributed by atoms with Crippen molar-refractivity contribution in [1.29, 1.82) is 0 Å². The summed E-state index contributed by atoms with van der Waals surface area (Å²) in [5, 5.41) is 0.642. The Kier molecular flexibility index (Phi) is 5.46. The largest absolute Gasteiger partial charge is 0.370 e. The Balaban J connectivity index is 2.12. The first-order chi connectivity index (χ1) is 10.5. The molecule has 1 aromatic rings. The van der Waals surface area contributed by atoms with Gasteiger partial charge in [0.1, 0.15) is 0 Å². The third-order valence-electron chi connectivity index (χ3n) is 3.58. The van der Waals surface area contributed by atoms with Gasteiger partial charge in [-0.3, -0.25) is 0 Å². The van der Waals surface area contributed by atoms with E-state index in [2.05, 4.69) is 26.7 Å². The zero-order chi connectivity index (χ0) is 16.1. The molecular weight excluding hydrogens is 302 g/mol. The number of aliphatic imine (C=N–C) groups is 2. The fourth-order valence-electron chi connectivity index (χ4n) is 2.42. The molecule has 7 nitrogen and oxygen atoms in total. The molecule has 0 aromatic heterocycles. The highest BCUT2D eigenvalue weighted by Crippen LogP contribution is 2.30. The Morgan fingerprint density at radius 1 is 1.18 bits per heavy atom. The number of nitrogens with two attached hydrogens (primary N) is 3. The van der Waals surface area contributed by atoms with Crippen LogP contribution in [0.5, 0.6) is 0 Å². The monoisotopic (exact) mass is 323 g/mol. The first kappa shape index (κ1) is 16.4. The Labute approximate surface area is 135 Å². The molecule has 1 fully saturated rings. The van der Waals surface area contributed by atoms with E-state index in [4.69, 9.17) is 28.8 Å². The number of rotatable bonds is 3. The molecule has 2 rings (SSSR count). The lowest BCUT2D eigenvalue weighted by Crippen LogP contribution is -2.46. The summed E-state index contributed by atoms with van der Waals surface area (Å²) in [5.74, 6) is -0.127. The van der Waals surface area contributed by atoms with Gasteiger partial charge in [0.25, 0.3) is 0 Å². The average Bonchev–Trinajstić information content (AvgIpc) is 2.46. The maximum Gasteiger partial charge on any atom is 0.223 e.